The predicted molar refractivity (Wildman–Crippen MR) is 50.2 cm³/mol. The van der Waals surface area contributed by atoms with Gasteiger partial charge in [-0.2, -0.15) is 0 Å². The van der Waals surface area contributed by atoms with Gasteiger partial charge in [0.1, 0.15) is 0 Å². The molecule has 0 radical (unpaired) electrons. The molecule has 1 aliphatic rings. The molecule has 1 fully saturated rings. The molecule has 0 N–H and O–H groups in total. The lowest BCUT2D eigenvalue weighted by atomic mass is 9.85. The fraction of sp³-hybridized carbons (Fsp3) is 0.600. The number of hydrogen-bond acceptors (Lipinski definition) is 3. The molecule has 0 aliphatic heterocycles. The van der Waals surface area contributed by atoms with Gasteiger partial charge in [0.25, 0.3) is 0 Å². The topological polar surface area (TPSA) is 38.9 Å². The Kier molecular flexibility index (Phi) is 2.17. The average Bonchev–Trinajstić information content (AvgIpc) is 2.49. The van der Waals surface area contributed by atoms with Crippen LogP contribution in [0, 0.1) is 0 Å². The third kappa shape index (κ3) is 1.50. The molecule has 0 bridgehead atoms. The van der Waals surface area contributed by atoms with Crippen LogP contribution < -0.4 is 0 Å². The average molecular weight is 178 g/mol. The smallest absolute Gasteiger partial charge is 0.243 e. The van der Waals surface area contributed by atoms with Crippen LogP contribution in [-0.2, 0) is 0 Å². The van der Waals surface area contributed by atoms with E-state index in [4.69, 9.17) is 4.42 Å². The van der Waals surface area contributed by atoms with Crippen LogP contribution in [0.5, 0.6) is 0 Å². The van der Waals surface area contributed by atoms with Crippen molar-refractivity contribution in [2.45, 2.75) is 38.5 Å². The minimum atomic E-state index is 0.519. The molecule has 0 amide bonds. The van der Waals surface area contributed by atoms with Crippen LogP contribution >= 0.6 is 0 Å². The SMILES string of the molecule is C=C(CC)c1nnc(C2CCC2)o1. The molecule has 1 aliphatic carbocycles. The summed E-state index contributed by atoms with van der Waals surface area (Å²) in [7, 11) is 0. The van der Waals surface area contributed by atoms with Crippen molar-refractivity contribution in [1.29, 1.82) is 0 Å². The molecule has 70 valence electrons. The zero-order chi connectivity index (χ0) is 9.26. The van der Waals surface area contributed by atoms with E-state index in [0.717, 1.165) is 17.9 Å². The second-order valence-electron chi connectivity index (χ2n) is 3.53. The van der Waals surface area contributed by atoms with E-state index in [1.807, 2.05) is 6.92 Å². The molecule has 1 aromatic rings. The van der Waals surface area contributed by atoms with Crippen molar-refractivity contribution in [3.05, 3.63) is 18.4 Å². The van der Waals surface area contributed by atoms with E-state index in [1.165, 1.54) is 19.3 Å². The number of nitrogens with zero attached hydrogens (tertiary/aromatic N) is 2. The molecular weight excluding hydrogens is 164 g/mol. The lowest BCUT2D eigenvalue weighted by molar-refractivity contribution is 0.332. The zero-order valence-electron chi connectivity index (χ0n) is 7.92. The second-order valence-corrected chi connectivity index (χ2v) is 3.53. The van der Waals surface area contributed by atoms with Gasteiger partial charge < -0.3 is 4.42 Å². The highest BCUT2D eigenvalue weighted by molar-refractivity contribution is 5.54. The maximum Gasteiger partial charge on any atom is 0.243 e. The Labute approximate surface area is 77.9 Å². The van der Waals surface area contributed by atoms with Crippen molar-refractivity contribution in [3.63, 3.8) is 0 Å². The number of rotatable bonds is 3. The predicted octanol–water partition coefficient (Wildman–Crippen LogP) is 2.76. The molecular formula is C10H14N2O. The second kappa shape index (κ2) is 3.32. The van der Waals surface area contributed by atoms with Crippen LogP contribution in [0.15, 0.2) is 11.0 Å². The molecule has 0 unspecified atom stereocenters. The Hall–Kier alpha value is -1.12. The summed E-state index contributed by atoms with van der Waals surface area (Å²) in [6.45, 7) is 5.90. The van der Waals surface area contributed by atoms with Gasteiger partial charge in [-0.15, -0.1) is 10.2 Å². The first-order valence-electron chi connectivity index (χ1n) is 4.82. The van der Waals surface area contributed by atoms with Gasteiger partial charge in [-0.25, -0.2) is 0 Å². The van der Waals surface area contributed by atoms with Crippen LogP contribution in [0.1, 0.15) is 50.3 Å². The highest BCUT2D eigenvalue weighted by Gasteiger charge is 2.25. The van der Waals surface area contributed by atoms with Crippen LogP contribution in [0.25, 0.3) is 5.57 Å². The number of allylic oxidation sites excluding steroid dienone is 1. The van der Waals surface area contributed by atoms with Gasteiger partial charge in [-0.05, 0) is 19.3 Å². The van der Waals surface area contributed by atoms with Crippen LogP contribution in [0.2, 0.25) is 0 Å². The quantitative estimate of drug-likeness (QED) is 0.714. The maximum atomic E-state index is 5.52. The summed E-state index contributed by atoms with van der Waals surface area (Å²) < 4.78 is 5.52. The van der Waals surface area contributed by atoms with E-state index in [9.17, 15) is 0 Å². The Morgan fingerprint density at radius 3 is 2.85 bits per heavy atom. The highest BCUT2D eigenvalue weighted by atomic mass is 16.4. The van der Waals surface area contributed by atoms with Crippen molar-refractivity contribution in [1.82, 2.24) is 10.2 Å². The Morgan fingerprint density at radius 2 is 2.31 bits per heavy atom. The van der Waals surface area contributed by atoms with Gasteiger partial charge in [0, 0.05) is 11.5 Å². The van der Waals surface area contributed by atoms with E-state index in [-0.39, 0.29) is 0 Å². The molecule has 13 heavy (non-hydrogen) atoms. The van der Waals surface area contributed by atoms with E-state index >= 15 is 0 Å². The molecule has 1 saturated carbocycles. The largest absolute Gasteiger partial charge is 0.421 e. The standard InChI is InChI=1S/C10H14N2O/c1-3-7(2)9-11-12-10(13-9)8-5-4-6-8/h8H,2-6H2,1H3. The summed E-state index contributed by atoms with van der Waals surface area (Å²) >= 11 is 0. The lowest BCUT2D eigenvalue weighted by Crippen LogP contribution is -2.08. The molecule has 1 heterocycles. The van der Waals surface area contributed by atoms with Gasteiger partial charge >= 0.3 is 0 Å². The number of hydrogen-bond donors (Lipinski definition) is 0. The fourth-order valence-electron chi connectivity index (χ4n) is 1.35. The van der Waals surface area contributed by atoms with E-state index in [2.05, 4.69) is 16.8 Å². The molecule has 2 rings (SSSR count). The molecule has 0 atom stereocenters. The normalized spacial score (nSPS) is 17.0. The summed E-state index contributed by atoms with van der Waals surface area (Å²) in [5, 5.41) is 8.00. The van der Waals surface area contributed by atoms with Crippen LogP contribution in [0.4, 0.5) is 0 Å². The van der Waals surface area contributed by atoms with E-state index in [1.54, 1.807) is 0 Å². The molecule has 1 aromatic heterocycles. The van der Waals surface area contributed by atoms with Crippen LogP contribution in [0.3, 0.4) is 0 Å². The first-order valence-corrected chi connectivity index (χ1v) is 4.82. The van der Waals surface area contributed by atoms with Gasteiger partial charge in [0.2, 0.25) is 11.8 Å². The molecule has 0 spiro atoms. The summed E-state index contributed by atoms with van der Waals surface area (Å²) in [6, 6.07) is 0. The zero-order valence-corrected chi connectivity index (χ0v) is 7.92. The minimum Gasteiger partial charge on any atom is -0.421 e. The first-order chi connectivity index (χ1) is 6.31. The van der Waals surface area contributed by atoms with Crippen LogP contribution in [-0.4, -0.2) is 10.2 Å². The highest BCUT2D eigenvalue weighted by Crippen LogP contribution is 2.35. The Balaban J connectivity index is 2.12. The van der Waals surface area contributed by atoms with E-state index in [0.29, 0.717) is 11.8 Å². The van der Waals surface area contributed by atoms with E-state index < -0.39 is 0 Å². The van der Waals surface area contributed by atoms with Gasteiger partial charge in [0.15, 0.2) is 0 Å². The van der Waals surface area contributed by atoms with Crippen molar-refractivity contribution in [3.8, 4) is 0 Å². The lowest BCUT2D eigenvalue weighted by Gasteiger charge is -2.20. The molecule has 3 nitrogen and oxygen atoms in total. The summed E-state index contributed by atoms with van der Waals surface area (Å²) in [4.78, 5) is 0. The first kappa shape index (κ1) is 8.48. The molecule has 3 heteroatoms. The van der Waals surface area contributed by atoms with Crippen molar-refractivity contribution < 1.29 is 4.42 Å². The van der Waals surface area contributed by atoms with Gasteiger partial charge in [-0.3, -0.25) is 0 Å². The van der Waals surface area contributed by atoms with Gasteiger partial charge in [0.05, 0.1) is 0 Å². The molecule has 0 aromatic carbocycles. The Bertz CT molecular complexity index is 312. The third-order valence-electron chi connectivity index (χ3n) is 2.62. The third-order valence-corrected chi connectivity index (χ3v) is 2.62. The number of aromatic nitrogens is 2. The summed E-state index contributed by atoms with van der Waals surface area (Å²) in [6.07, 6.45) is 4.55. The maximum absolute atomic E-state index is 5.52. The fourth-order valence-corrected chi connectivity index (χ4v) is 1.35. The van der Waals surface area contributed by atoms with Crippen molar-refractivity contribution in [2.75, 3.05) is 0 Å². The van der Waals surface area contributed by atoms with Crippen molar-refractivity contribution in [2.24, 2.45) is 0 Å². The minimum absolute atomic E-state index is 0.519. The van der Waals surface area contributed by atoms with Crippen molar-refractivity contribution >= 4 is 5.57 Å². The monoisotopic (exact) mass is 178 g/mol. The summed E-state index contributed by atoms with van der Waals surface area (Å²) in [5.74, 6) is 1.94. The molecule has 0 saturated heterocycles. The summed E-state index contributed by atoms with van der Waals surface area (Å²) in [5.41, 5.74) is 0.929. The van der Waals surface area contributed by atoms with Gasteiger partial charge in [-0.1, -0.05) is 19.9 Å². The Morgan fingerprint density at radius 1 is 1.54 bits per heavy atom.